The molecule has 0 saturated carbocycles. The van der Waals surface area contributed by atoms with Crippen LogP contribution < -0.4 is 5.73 Å². The number of hydrogen-bond donors (Lipinski definition) is 1. The van der Waals surface area contributed by atoms with Crippen LogP contribution in [0, 0.1) is 0 Å². The maximum Gasteiger partial charge on any atom is 0.299 e. The molecule has 0 spiro atoms. The standard InChI is InChI=1S/C16H35NO3/c1-5-9-10-11-12-13-14-15(17)16(18-6-2,19-7-3)20-8-4/h15H,5-14,17H2,1-4H3. The molecular weight excluding hydrogens is 254 g/mol. The molecule has 2 N–H and O–H groups in total. The van der Waals surface area contributed by atoms with Crippen LogP contribution in [0.5, 0.6) is 0 Å². The van der Waals surface area contributed by atoms with Crippen molar-refractivity contribution in [2.75, 3.05) is 19.8 Å². The summed E-state index contributed by atoms with van der Waals surface area (Å²) in [6.07, 6.45) is 8.39. The van der Waals surface area contributed by atoms with Gasteiger partial charge in [0.15, 0.2) is 0 Å². The summed E-state index contributed by atoms with van der Waals surface area (Å²) in [5.41, 5.74) is 6.28. The van der Waals surface area contributed by atoms with E-state index in [0.717, 1.165) is 12.8 Å². The van der Waals surface area contributed by atoms with E-state index in [1.165, 1.54) is 32.1 Å². The summed E-state index contributed by atoms with van der Waals surface area (Å²) < 4.78 is 17.1. The second-order valence-electron chi connectivity index (χ2n) is 5.07. The van der Waals surface area contributed by atoms with Gasteiger partial charge in [0.2, 0.25) is 0 Å². The normalized spacial score (nSPS) is 13.7. The molecule has 0 fully saturated rings. The van der Waals surface area contributed by atoms with Crippen LogP contribution in [0.1, 0.15) is 72.6 Å². The molecule has 4 heteroatoms. The zero-order valence-electron chi connectivity index (χ0n) is 14.0. The molecule has 20 heavy (non-hydrogen) atoms. The third-order valence-electron chi connectivity index (χ3n) is 3.36. The van der Waals surface area contributed by atoms with E-state index in [1.54, 1.807) is 0 Å². The molecule has 0 radical (unpaired) electrons. The molecule has 0 amide bonds. The third kappa shape index (κ3) is 7.58. The fourth-order valence-corrected chi connectivity index (χ4v) is 2.37. The molecule has 0 aliphatic carbocycles. The van der Waals surface area contributed by atoms with Crippen molar-refractivity contribution in [2.24, 2.45) is 5.73 Å². The Morgan fingerprint density at radius 3 is 1.65 bits per heavy atom. The first kappa shape index (κ1) is 19.8. The minimum atomic E-state index is -1.07. The Balaban J connectivity index is 4.20. The largest absolute Gasteiger partial charge is 0.327 e. The highest BCUT2D eigenvalue weighted by atomic mass is 16.9. The van der Waals surface area contributed by atoms with Crippen LogP contribution in [-0.4, -0.2) is 31.8 Å². The predicted molar refractivity (Wildman–Crippen MR) is 83.6 cm³/mol. The number of unbranched alkanes of at least 4 members (excludes halogenated alkanes) is 5. The Morgan fingerprint density at radius 1 is 0.750 bits per heavy atom. The van der Waals surface area contributed by atoms with Gasteiger partial charge in [0.1, 0.15) is 0 Å². The van der Waals surface area contributed by atoms with Gasteiger partial charge >= 0.3 is 0 Å². The molecular formula is C16H35NO3. The summed E-state index contributed by atoms with van der Waals surface area (Å²) in [6, 6.07) is -0.242. The molecule has 0 aromatic rings. The molecule has 4 nitrogen and oxygen atoms in total. The molecule has 122 valence electrons. The zero-order valence-corrected chi connectivity index (χ0v) is 14.0. The summed E-state index contributed by atoms with van der Waals surface area (Å²) in [4.78, 5) is 0. The van der Waals surface area contributed by atoms with Gasteiger partial charge in [-0.25, -0.2) is 0 Å². The van der Waals surface area contributed by atoms with E-state index in [2.05, 4.69) is 6.92 Å². The van der Waals surface area contributed by atoms with Gasteiger partial charge in [0.25, 0.3) is 5.97 Å². The average Bonchev–Trinajstić information content (AvgIpc) is 2.43. The quantitative estimate of drug-likeness (QED) is 0.390. The smallest absolute Gasteiger partial charge is 0.299 e. The molecule has 0 bridgehead atoms. The van der Waals surface area contributed by atoms with Gasteiger partial charge in [-0.05, 0) is 27.2 Å². The highest BCUT2D eigenvalue weighted by Crippen LogP contribution is 2.23. The summed E-state index contributed by atoms with van der Waals surface area (Å²) in [5, 5.41) is 0. The van der Waals surface area contributed by atoms with Crippen molar-refractivity contribution in [3.63, 3.8) is 0 Å². The highest BCUT2D eigenvalue weighted by Gasteiger charge is 2.39. The molecule has 0 aromatic heterocycles. The average molecular weight is 289 g/mol. The first-order valence-electron chi connectivity index (χ1n) is 8.34. The van der Waals surface area contributed by atoms with Crippen molar-refractivity contribution in [1.29, 1.82) is 0 Å². The number of ether oxygens (including phenoxy) is 3. The van der Waals surface area contributed by atoms with Crippen LogP contribution in [0.3, 0.4) is 0 Å². The lowest BCUT2D eigenvalue weighted by Gasteiger charge is -2.37. The third-order valence-corrected chi connectivity index (χ3v) is 3.36. The predicted octanol–water partition coefficient (Wildman–Crippen LogP) is 3.83. The van der Waals surface area contributed by atoms with Gasteiger partial charge in [-0.2, -0.15) is 0 Å². The van der Waals surface area contributed by atoms with Crippen molar-refractivity contribution in [1.82, 2.24) is 0 Å². The van der Waals surface area contributed by atoms with E-state index in [9.17, 15) is 0 Å². The second-order valence-corrected chi connectivity index (χ2v) is 5.07. The van der Waals surface area contributed by atoms with E-state index in [4.69, 9.17) is 19.9 Å². The summed E-state index contributed by atoms with van der Waals surface area (Å²) in [6.45, 7) is 9.63. The SMILES string of the molecule is CCCCCCCCC(N)C(OCC)(OCC)OCC. The van der Waals surface area contributed by atoms with Crippen molar-refractivity contribution >= 4 is 0 Å². The van der Waals surface area contributed by atoms with Gasteiger partial charge in [0.05, 0.1) is 6.04 Å². The Kier molecular flexibility index (Phi) is 12.5. The Morgan fingerprint density at radius 2 is 1.20 bits per heavy atom. The molecule has 0 rings (SSSR count). The van der Waals surface area contributed by atoms with E-state index in [-0.39, 0.29) is 6.04 Å². The number of rotatable bonds is 14. The van der Waals surface area contributed by atoms with E-state index < -0.39 is 5.97 Å². The maximum atomic E-state index is 6.28. The summed E-state index contributed by atoms with van der Waals surface area (Å²) >= 11 is 0. The molecule has 0 aliphatic rings. The van der Waals surface area contributed by atoms with Crippen LogP contribution >= 0.6 is 0 Å². The van der Waals surface area contributed by atoms with E-state index in [1.807, 2.05) is 20.8 Å². The van der Waals surface area contributed by atoms with Crippen LogP contribution in [0.25, 0.3) is 0 Å². The van der Waals surface area contributed by atoms with Gasteiger partial charge in [-0.3, -0.25) is 0 Å². The molecule has 1 atom stereocenters. The molecule has 0 heterocycles. The van der Waals surface area contributed by atoms with Crippen LogP contribution in [0.15, 0.2) is 0 Å². The first-order valence-corrected chi connectivity index (χ1v) is 8.34. The van der Waals surface area contributed by atoms with Crippen molar-refractivity contribution in [2.45, 2.75) is 84.7 Å². The highest BCUT2D eigenvalue weighted by molar-refractivity contribution is 4.75. The van der Waals surface area contributed by atoms with Crippen molar-refractivity contribution in [3.8, 4) is 0 Å². The van der Waals surface area contributed by atoms with Crippen LogP contribution in [0.2, 0.25) is 0 Å². The van der Waals surface area contributed by atoms with Gasteiger partial charge in [0, 0.05) is 19.8 Å². The molecule has 0 aliphatic heterocycles. The van der Waals surface area contributed by atoms with Gasteiger partial charge < -0.3 is 19.9 Å². The lowest BCUT2D eigenvalue weighted by molar-refractivity contribution is -0.386. The fourth-order valence-electron chi connectivity index (χ4n) is 2.37. The zero-order chi connectivity index (χ0) is 15.3. The topological polar surface area (TPSA) is 53.7 Å². The molecule has 0 saturated heterocycles. The van der Waals surface area contributed by atoms with E-state index in [0.29, 0.717) is 19.8 Å². The van der Waals surface area contributed by atoms with Crippen molar-refractivity contribution in [3.05, 3.63) is 0 Å². The first-order chi connectivity index (χ1) is 9.66. The van der Waals surface area contributed by atoms with Crippen LogP contribution in [0.4, 0.5) is 0 Å². The lowest BCUT2D eigenvalue weighted by Crippen LogP contribution is -2.54. The Labute approximate surface area is 125 Å². The van der Waals surface area contributed by atoms with Gasteiger partial charge in [-0.1, -0.05) is 45.4 Å². The Bertz CT molecular complexity index is 195. The summed E-state index contributed by atoms with van der Waals surface area (Å²) in [5.74, 6) is -1.07. The summed E-state index contributed by atoms with van der Waals surface area (Å²) in [7, 11) is 0. The molecule has 0 aromatic carbocycles. The molecule has 1 unspecified atom stereocenters. The monoisotopic (exact) mass is 289 g/mol. The lowest BCUT2D eigenvalue weighted by atomic mass is 10.0. The maximum absolute atomic E-state index is 6.28. The van der Waals surface area contributed by atoms with E-state index >= 15 is 0 Å². The number of hydrogen-bond acceptors (Lipinski definition) is 4. The number of nitrogens with two attached hydrogens (primary N) is 1. The van der Waals surface area contributed by atoms with Crippen LogP contribution in [-0.2, 0) is 14.2 Å². The minimum absolute atomic E-state index is 0.242. The second kappa shape index (κ2) is 12.6. The van der Waals surface area contributed by atoms with Gasteiger partial charge in [-0.15, -0.1) is 0 Å². The Hall–Kier alpha value is -0.160. The minimum Gasteiger partial charge on any atom is -0.327 e. The van der Waals surface area contributed by atoms with Crippen molar-refractivity contribution < 1.29 is 14.2 Å². The fraction of sp³-hybridized carbons (Fsp3) is 1.00.